The van der Waals surface area contributed by atoms with Crippen molar-refractivity contribution < 1.29 is 9.53 Å². The normalized spacial score (nSPS) is 12.6. The van der Waals surface area contributed by atoms with Gasteiger partial charge in [-0.3, -0.25) is 4.98 Å². The molecule has 1 amide bonds. The highest BCUT2D eigenvalue weighted by Crippen LogP contribution is 2.44. The van der Waals surface area contributed by atoms with Gasteiger partial charge in [-0.15, -0.1) is 0 Å². The number of amides is 1. The third-order valence-corrected chi connectivity index (χ3v) is 5.15. The highest BCUT2D eigenvalue weighted by molar-refractivity contribution is 5.79. The molecule has 0 spiro atoms. The Labute approximate surface area is 171 Å². The summed E-state index contributed by atoms with van der Waals surface area (Å²) < 4.78 is 5.53. The number of aryl methyl sites for hydroxylation is 1. The van der Waals surface area contributed by atoms with E-state index in [9.17, 15) is 4.79 Å². The van der Waals surface area contributed by atoms with Crippen molar-refractivity contribution in [1.29, 1.82) is 0 Å². The van der Waals surface area contributed by atoms with Crippen LogP contribution in [0.25, 0.3) is 17.2 Å². The zero-order valence-corrected chi connectivity index (χ0v) is 16.5. The molecule has 1 aromatic heterocycles. The van der Waals surface area contributed by atoms with Crippen molar-refractivity contribution in [1.82, 2.24) is 10.3 Å². The van der Waals surface area contributed by atoms with E-state index in [2.05, 4.69) is 34.6 Å². The fourth-order valence-electron chi connectivity index (χ4n) is 3.69. The zero-order valence-electron chi connectivity index (χ0n) is 16.5. The number of aromatic nitrogens is 1. The van der Waals surface area contributed by atoms with E-state index < -0.39 is 0 Å². The number of ether oxygens (including phenoxy) is 1. The predicted molar refractivity (Wildman–Crippen MR) is 116 cm³/mol. The van der Waals surface area contributed by atoms with Gasteiger partial charge in [-0.25, -0.2) is 4.79 Å². The second-order valence-electron chi connectivity index (χ2n) is 7.20. The molecule has 4 nitrogen and oxygen atoms in total. The van der Waals surface area contributed by atoms with Gasteiger partial charge in [0.2, 0.25) is 0 Å². The topological polar surface area (TPSA) is 51.2 Å². The summed E-state index contributed by atoms with van der Waals surface area (Å²) in [6.45, 7) is 2.88. The molecule has 0 bridgehead atoms. The predicted octanol–water partition coefficient (Wildman–Crippen LogP) is 5.33. The first-order chi connectivity index (χ1) is 14.2. The lowest BCUT2D eigenvalue weighted by atomic mass is 9.98. The minimum absolute atomic E-state index is 0.0839. The number of carbonyl (C=O) groups is 1. The van der Waals surface area contributed by atoms with Crippen molar-refractivity contribution in [2.75, 3.05) is 13.2 Å². The van der Waals surface area contributed by atoms with E-state index in [-0.39, 0.29) is 12.0 Å². The van der Waals surface area contributed by atoms with Crippen molar-refractivity contribution in [3.05, 3.63) is 95.3 Å². The molecular formula is C25H24N2O2. The molecule has 0 saturated heterocycles. The Morgan fingerprint density at radius 3 is 2.38 bits per heavy atom. The molecule has 0 fully saturated rings. The molecule has 0 aliphatic heterocycles. The molecule has 1 aliphatic rings. The minimum Gasteiger partial charge on any atom is -0.449 e. The Morgan fingerprint density at radius 2 is 1.72 bits per heavy atom. The van der Waals surface area contributed by atoms with Gasteiger partial charge in [0.15, 0.2) is 0 Å². The summed E-state index contributed by atoms with van der Waals surface area (Å²) in [5.74, 6) is 0.0839. The highest BCUT2D eigenvalue weighted by atomic mass is 16.5. The number of nitrogens with one attached hydrogen (secondary N) is 1. The lowest BCUT2D eigenvalue weighted by Gasteiger charge is -2.14. The van der Waals surface area contributed by atoms with E-state index in [0.29, 0.717) is 13.2 Å². The van der Waals surface area contributed by atoms with Crippen LogP contribution >= 0.6 is 0 Å². The molecule has 2 aromatic carbocycles. The van der Waals surface area contributed by atoms with E-state index in [4.69, 9.17) is 4.74 Å². The van der Waals surface area contributed by atoms with Crippen LogP contribution in [0.1, 0.15) is 34.7 Å². The minimum atomic E-state index is -0.381. The standard InChI is InChI=1S/C25H24N2O2/c1-18-13-14-19(27-16-18)8-6-7-15-26-25(28)29-17-24-22-11-4-2-9-20(22)21-10-3-5-12-23(21)24/h2-6,8-14,16,24H,7,15,17H2,1H3,(H,26,28). The molecule has 29 heavy (non-hydrogen) atoms. The van der Waals surface area contributed by atoms with E-state index in [1.54, 1.807) is 0 Å². The molecular weight excluding hydrogens is 360 g/mol. The molecule has 146 valence electrons. The van der Waals surface area contributed by atoms with E-state index in [1.807, 2.05) is 61.7 Å². The summed E-state index contributed by atoms with van der Waals surface area (Å²) >= 11 is 0. The first kappa shape index (κ1) is 18.9. The second-order valence-corrected chi connectivity index (χ2v) is 7.20. The quantitative estimate of drug-likeness (QED) is 0.584. The lowest BCUT2D eigenvalue weighted by Crippen LogP contribution is -2.26. The van der Waals surface area contributed by atoms with Crippen LogP contribution in [-0.4, -0.2) is 24.2 Å². The SMILES string of the molecule is Cc1ccc(C=CCCNC(=O)OCC2c3ccccc3-c3ccccc32)nc1. The van der Waals surface area contributed by atoms with Gasteiger partial charge >= 0.3 is 6.09 Å². The number of hydrogen-bond donors (Lipinski definition) is 1. The smallest absolute Gasteiger partial charge is 0.407 e. The fourth-order valence-corrected chi connectivity index (χ4v) is 3.69. The first-order valence-corrected chi connectivity index (χ1v) is 9.90. The third kappa shape index (κ3) is 4.37. The third-order valence-electron chi connectivity index (χ3n) is 5.15. The average Bonchev–Trinajstić information content (AvgIpc) is 3.07. The molecule has 0 radical (unpaired) electrons. The summed E-state index contributed by atoms with van der Waals surface area (Å²) in [5.41, 5.74) is 6.94. The van der Waals surface area contributed by atoms with Gasteiger partial charge in [0, 0.05) is 18.7 Å². The van der Waals surface area contributed by atoms with Crippen LogP contribution in [0.3, 0.4) is 0 Å². The molecule has 4 heteroatoms. The van der Waals surface area contributed by atoms with E-state index in [0.717, 1.165) is 17.7 Å². The highest BCUT2D eigenvalue weighted by Gasteiger charge is 2.28. The summed E-state index contributed by atoms with van der Waals surface area (Å²) in [7, 11) is 0. The van der Waals surface area contributed by atoms with Crippen molar-refractivity contribution >= 4 is 12.2 Å². The average molecular weight is 384 g/mol. The lowest BCUT2D eigenvalue weighted by molar-refractivity contribution is 0.143. The molecule has 3 aromatic rings. The van der Waals surface area contributed by atoms with Crippen LogP contribution < -0.4 is 5.32 Å². The Balaban J connectivity index is 1.27. The van der Waals surface area contributed by atoms with Gasteiger partial charge in [-0.2, -0.15) is 0 Å². The Hall–Kier alpha value is -3.40. The number of alkyl carbamates (subject to hydrolysis) is 1. The first-order valence-electron chi connectivity index (χ1n) is 9.90. The molecule has 4 rings (SSSR count). The molecule has 0 saturated carbocycles. The number of nitrogens with zero attached hydrogens (tertiary/aromatic N) is 1. The van der Waals surface area contributed by atoms with Crippen molar-refractivity contribution in [2.45, 2.75) is 19.3 Å². The molecule has 1 N–H and O–H groups in total. The number of hydrogen-bond acceptors (Lipinski definition) is 3. The number of rotatable bonds is 6. The Bertz CT molecular complexity index is 980. The van der Waals surface area contributed by atoms with Crippen LogP contribution in [0, 0.1) is 6.92 Å². The number of pyridine rings is 1. The maximum absolute atomic E-state index is 12.1. The van der Waals surface area contributed by atoms with Gasteiger partial charge in [0.1, 0.15) is 6.61 Å². The van der Waals surface area contributed by atoms with Crippen molar-refractivity contribution in [2.24, 2.45) is 0 Å². The van der Waals surface area contributed by atoms with Gasteiger partial charge in [0.05, 0.1) is 5.69 Å². The van der Waals surface area contributed by atoms with Crippen LogP contribution in [-0.2, 0) is 4.74 Å². The largest absolute Gasteiger partial charge is 0.449 e. The van der Waals surface area contributed by atoms with Crippen LogP contribution in [0.15, 0.2) is 72.9 Å². The summed E-state index contributed by atoms with van der Waals surface area (Å²) in [4.78, 5) is 16.4. The van der Waals surface area contributed by atoms with Crippen molar-refractivity contribution in [3.63, 3.8) is 0 Å². The van der Waals surface area contributed by atoms with Crippen LogP contribution in [0.4, 0.5) is 4.79 Å². The van der Waals surface area contributed by atoms with Crippen LogP contribution in [0.5, 0.6) is 0 Å². The van der Waals surface area contributed by atoms with Crippen LogP contribution in [0.2, 0.25) is 0 Å². The molecule has 1 heterocycles. The molecule has 0 unspecified atom stereocenters. The van der Waals surface area contributed by atoms with Gasteiger partial charge in [-0.05, 0) is 53.3 Å². The number of carbonyl (C=O) groups excluding carboxylic acids is 1. The Morgan fingerprint density at radius 1 is 1.03 bits per heavy atom. The summed E-state index contributed by atoms with van der Waals surface area (Å²) in [5, 5.41) is 2.82. The van der Waals surface area contributed by atoms with Crippen molar-refractivity contribution in [3.8, 4) is 11.1 Å². The fraction of sp³-hybridized carbons (Fsp3) is 0.200. The monoisotopic (exact) mass is 384 g/mol. The summed E-state index contributed by atoms with van der Waals surface area (Å²) in [6.07, 6.45) is 6.14. The van der Waals surface area contributed by atoms with E-state index in [1.165, 1.54) is 22.3 Å². The maximum Gasteiger partial charge on any atom is 0.407 e. The maximum atomic E-state index is 12.1. The molecule has 0 atom stereocenters. The summed E-state index contributed by atoms with van der Waals surface area (Å²) in [6, 6.07) is 20.7. The zero-order chi connectivity index (χ0) is 20.1. The van der Waals surface area contributed by atoms with Gasteiger partial charge in [-0.1, -0.05) is 60.7 Å². The van der Waals surface area contributed by atoms with Gasteiger partial charge < -0.3 is 10.1 Å². The number of benzene rings is 2. The number of fused-ring (bicyclic) bond motifs is 3. The van der Waals surface area contributed by atoms with Gasteiger partial charge in [0.25, 0.3) is 0 Å². The molecule has 1 aliphatic carbocycles. The van der Waals surface area contributed by atoms with E-state index >= 15 is 0 Å². The second kappa shape index (κ2) is 8.74. The Kier molecular flexibility index (Phi) is 5.71.